The van der Waals surface area contributed by atoms with Gasteiger partial charge in [-0.3, -0.25) is 0 Å². The summed E-state index contributed by atoms with van der Waals surface area (Å²) in [5.41, 5.74) is 3.71. The van der Waals surface area contributed by atoms with E-state index >= 15 is 0 Å². The highest BCUT2D eigenvalue weighted by Gasteiger charge is 2.34. The molecule has 39 heavy (non-hydrogen) atoms. The number of fused-ring (bicyclic) bond motifs is 4. The molecule has 0 spiro atoms. The highest BCUT2D eigenvalue weighted by Crippen LogP contribution is 2.49. The molecule has 0 amide bonds. The van der Waals surface area contributed by atoms with Crippen molar-refractivity contribution in [3.8, 4) is 28.9 Å². The lowest BCUT2D eigenvalue weighted by Gasteiger charge is -2.28. The summed E-state index contributed by atoms with van der Waals surface area (Å²) in [6.45, 7) is 0.0315. The number of aromatic nitrogens is 4. The molecule has 1 N–H and O–H groups in total. The largest absolute Gasteiger partial charge is 0.508 e. The molecule has 10 nitrogen and oxygen atoms in total. The molecule has 0 saturated carbocycles. The quantitative estimate of drug-likeness (QED) is 0.212. The third-order valence-electron chi connectivity index (χ3n) is 6.34. The number of aromatic hydroxyl groups is 1. The van der Waals surface area contributed by atoms with Crippen LogP contribution in [0.1, 0.15) is 34.0 Å². The van der Waals surface area contributed by atoms with Crippen LogP contribution < -0.4 is 14.2 Å². The smallest absolute Gasteiger partial charge is 0.228 e. The number of rotatable bonds is 7. The summed E-state index contributed by atoms with van der Waals surface area (Å²) in [6, 6.07) is 18.0. The van der Waals surface area contributed by atoms with Crippen LogP contribution in [0.4, 0.5) is 0 Å². The average Bonchev–Trinajstić information content (AvgIpc) is 3.37. The molecule has 6 rings (SSSR count). The number of phenolic OH excluding ortho intramolecular Hbond substituents is 1. The van der Waals surface area contributed by atoms with Gasteiger partial charge in [-0.15, -0.1) is 5.10 Å². The minimum atomic E-state index is -0.350. The molecule has 1 atom stereocenters. The van der Waals surface area contributed by atoms with Crippen molar-refractivity contribution in [2.24, 2.45) is 5.16 Å². The first-order valence-electron chi connectivity index (χ1n) is 11.9. The number of benzene rings is 3. The lowest BCUT2D eigenvalue weighted by atomic mass is 9.83. The molecule has 3 heterocycles. The van der Waals surface area contributed by atoms with Crippen molar-refractivity contribution in [1.29, 1.82) is 0 Å². The average molecular weight is 544 g/mol. The van der Waals surface area contributed by atoms with E-state index in [2.05, 4.69) is 15.2 Å². The van der Waals surface area contributed by atoms with E-state index in [1.165, 1.54) is 12.5 Å². The Kier molecular flexibility index (Phi) is 6.37. The molecule has 0 saturated heterocycles. The van der Waals surface area contributed by atoms with Crippen molar-refractivity contribution in [1.82, 2.24) is 19.6 Å². The van der Waals surface area contributed by atoms with Gasteiger partial charge < -0.3 is 24.2 Å². The van der Waals surface area contributed by atoms with Crippen molar-refractivity contribution >= 4 is 23.5 Å². The molecule has 1 unspecified atom stereocenters. The van der Waals surface area contributed by atoms with Crippen molar-refractivity contribution in [2.75, 3.05) is 14.2 Å². The summed E-state index contributed by atoms with van der Waals surface area (Å²) >= 11 is 6.16. The van der Waals surface area contributed by atoms with Gasteiger partial charge >= 0.3 is 0 Å². The Morgan fingerprint density at radius 3 is 2.74 bits per heavy atom. The van der Waals surface area contributed by atoms with Gasteiger partial charge in [0.2, 0.25) is 5.88 Å². The first kappa shape index (κ1) is 24.5. The fraction of sp³-hybridized carbons (Fsp3) is 0.143. The summed E-state index contributed by atoms with van der Waals surface area (Å²) in [7, 11) is 3.18. The Balaban J connectivity index is 1.40. The molecule has 11 heteroatoms. The zero-order valence-electron chi connectivity index (χ0n) is 20.9. The number of methoxy groups -OCH3 is 2. The number of nitrogens with zero attached hydrogens (tertiary/aromatic N) is 5. The highest BCUT2D eigenvalue weighted by atomic mass is 35.5. The van der Waals surface area contributed by atoms with Crippen molar-refractivity contribution in [2.45, 2.75) is 12.5 Å². The van der Waals surface area contributed by atoms with Crippen LogP contribution in [0.15, 0.2) is 72.1 Å². The lowest BCUT2D eigenvalue weighted by molar-refractivity contribution is 0.126. The second-order valence-electron chi connectivity index (χ2n) is 8.66. The Labute approximate surface area is 228 Å². The van der Waals surface area contributed by atoms with Crippen LogP contribution in [-0.2, 0) is 11.4 Å². The normalized spacial score (nSPS) is 14.1. The Morgan fingerprint density at radius 2 is 1.92 bits per heavy atom. The van der Waals surface area contributed by atoms with Crippen LogP contribution in [0.3, 0.4) is 0 Å². The summed E-state index contributed by atoms with van der Waals surface area (Å²) in [4.78, 5) is 14.7. The zero-order chi connectivity index (χ0) is 26.9. The second kappa shape index (κ2) is 10.1. The number of ether oxygens (including phenoxy) is 3. The topological polar surface area (TPSA) is 113 Å². The van der Waals surface area contributed by atoms with Crippen molar-refractivity contribution < 1.29 is 24.2 Å². The number of hydrogen-bond donors (Lipinski definition) is 1. The Bertz CT molecular complexity index is 1720. The van der Waals surface area contributed by atoms with Crippen molar-refractivity contribution in [3.63, 3.8) is 0 Å². The molecule has 0 aliphatic carbocycles. The van der Waals surface area contributed by atoms with E-state index in [9.17, 15) is 5.11 Å². The summed E-state index contributed by atoms with van der Waals surface area (Å²) in [5, 5.41) is 19.2. The summed E-state index contributed by atoms with van der Waals surface area (Å²) < 4.78 is 18.7. The van der Waals surface area contributed by atoms with Gasteiger partial charge in [0.25, 0.3) is 0 Å². The van der Waals surface area contributed by atoms with Gasteiger partial charge in [0.1, 0.15) is 17.8 Å². The second-order valence-corrected chi connectivity index (χ2v) is 9.07. The molecule has 196 valence electrons. The van der Waals surface area contributed by atoms with E-state index in [1.807, 2.05) is 42.5 Å². The fourth-order valence-electron chi connectivity index (χ4n) is 4.56. The van der Waals surface area contributed by atoms with E-state index in [-0.39, 0.29) is 18.3 Å². The van der Waals surface area contributed by atoms with Gasteiger partial charge in [-0.2, -0.15) is 0 Å². The van der Waals surface area contributed by atoms with Crippen LogP contribution in [0, 0.1) is 0 Å². The fourth-order valence-corrected chi connectivity index (χ4v) is 4.74. The Hall–Kier alpha value is -4.83. The third kappa shape index (κ3) is 4.55. The van der Waals surface area contributed by atoms with Gasteiger partial charge in [0.05, 0.1) is 26.0 Å². The van der Waals surface area contributed by atoms with Crippen LogP contribution >= 0.6 is 11.6 Å². The predicted molar refractivity (Wildman–Crippen MR) is 143 cm³/mol. The first-order valence-corrected chi connectivity index (χ1v) is 12.3. The molecule has 0 fully saturated rings. The molecule has 0 radical (unpaired) electrons. The maximum Gasteiger partial charge on any atom is 0.228 e. The minimum absolute atomic E-state index is 0.0315. The highest BCUT2D eigenvalue weighted by molar-refractivity contribution is 6.33. The summed E-state index contributed by atoms with van der Waals surface area (Å²) in [6.07, 6.45) is 3.06. The Morgan fingerprint density at radius 1 is 1.08 bits per heavy atom. The van der Waals surface area contributed by atoms with Gasteiger partial charge in [0, 0.05) is 28.1 Å². The number of hydrogen-bond acceptors (Lipinski definition) is 9. The number of halogens is 1. The van der Waals surface area contributed by atoms with E-state index in [4.69, 9.17) is 35.6 Å². The minimum Gasteiger partial charge on any atom is -0.508 e. The maximum absolute atomic E-state index is 10.1. The molecule has 0 bridgehead atoms. The van der Waals surface area contributed by atoms with E-state index in [0.29, 0.717) is 45.2 Å². The third-order valence-corrected chi connectivity index (χ3v) is 6.68. The van der Waals surface area contributed by atoms with Crippen LogP contribution in [0.2, 0.25) is 5.02 Å². The van der Waals surface area contributed by atoms with Gasteiger partial charge in [-0.05, 0) is 29.8 Å². The first-order chi connectivity index (χ1) is 19.1. The van der Waals surface area contributed by atoms with Crippen molar-refractivity contribution in [3.05, 3.63) is 100 Å². The van der Waals surface area contributed by atoms with Gasteiger partial charge in [0.15, 0.2) is 29.6 Å². The van der Waals surface area contributed by atoms with E-state index in [1.54, 1.807) is 36.9 Å². The lowest BCUT2D eigenvalue weighted by Crippen LogP contribution is -2.15. The predicted octanol–water partition coefficient (Wildman–Crippen LogP) is 5.34. The van der Waals surface area contributed by atoms with Gasteiger partial charge in [-0.1, -0.05) is 47.1 Å². The molecule has 1 aliphatic rings. The zero-order valence-corrected chi connectivity index (χ0v) is 21.7. The molecular formula is C28H22ClN5O5. The molecular weight excluding hydrogens is 522 g/mol. The number of phenols is 1. The van der Waals surface area contributed by atoms with Crippen LogP contribution in [-0.4, -0.2) is 45.1 Å². The molecule has 3 aromatic carbocycles. The molecule has 2 aromatic heterocycles. The summed E-state index contributed by atoms with van der Waals surface area (Å²) in [5.74, 6) is 2.18. The number of oxime groups is 1. The SMILES string of the molecule is COc1ccc(C2c3ccc(O)cc3Oc3ncn4nc(CON=Cc5ccccc5Cl)nc4c32)cc1OC. The van der Waals surface area contributed by atoms with Crippen LogP contribution in [0.25, 0.3) is 5.65 Å². The maximum atomic E-state index is 10.1. The molecule has 5 aromatic rings. The van der Waals surface area contributed by atoms with E-state index < -0.39 is 0 Å². The van der Waals surface area contributed by atoms with Gasteiger partial charge in [-0.25, -0.2) is 14.5 Å². The van der Waals surface area contributed by atoms with E-state index in [0.717, 1.165) is 16.7 Å². The standard InChI is InChI=1S/C28H22ClN5O5/c1-36-21-10-7-16(11-23(21)37-2)25-19-9-8-18(35)12-22(19)39-28-26(25)27-32-24(33-34(27)15-30-28)14-38-31-13-17-5-3-4-6-20(17)29/h3-13,15,25,35H,14H2,1-2H3. The monoisotopic (exact) mass is 543 g/mol. The molecule has 1 aliphatic heterocycles. The van der Waals surface area contributed by atoms with Crippen LogP contribution in [0.5, 0.6) is 28.9 Å².